The fourth-order valence-electron chi connectivity index (χ4n) is 2.74. The number of nitro benzene ring substituents is 1. The van der Waals surface area contributed by atoms with Crippen LogP contribution in [0.2, 0.25) is 10.0 Å². The Morgan fingerprint density at radius 3 is 2.43 bits per heavy atom. The van der Waals surface area contributed by atoms with E-state index in [4.69, 9.17) is 32.7 Å². The molecular weight excluding hydrogens is 433 g/mol. The molecule has 0 fully saturated rings. The summed E-state index contributed by atoms with van der Waals surface area (Å²) >= 11 is 12.2. The number of carbonyl (C=O) groups is 1. The summed E-state index contributed by atoms with van der Waals surface area (Å²) in [5, 5.41) is 11.5. The summed E-state index contributed by atoms with van der Waals surface area (Å²) in [4.78, 5) is 26.8. The van der Waals surface area contributed by atoms with Gasteiger partial charge in [-0.1, -0.05) is 44.0 Å². The highest BCUT2D eigenvalue weighted by atomic mass is 35.5. The van der Waals surface area contributed by atoms with E-state index in [9.17, 15) is 14.9 Å². The summed E-state index contributed by atoms with van der Waals surface area (Å²) < 4.78 is 12.6. The molecule has 0 aliphatic rings. The second kappa shape index (κ2) is 8.49. The molecule has 1 atom stereocenters. The van der Waals surface area contributed by atoms with E-state index < -0.39 is 22.6 Å². The van der Waals surface area contributed by atoms with Crippen molar-refractivity contribution in [2.24, 2.45) is 5.41 Å². The van der Waals surface area contributed by atoms with Crippen LogP contribution in [0.5, 0.6) is 5.75 Å². The van der Waals surface area contributed by atoms with Gasteiger partial charge in [-0.15, -0.1) is 0 Å². The lowest BCUT2D eigenvalue weighted by Gasteiger charge is -2.30. The molecule has 0 N–H and O–H groups in total. The summed E-state index contributed by atoms with van der Waals surface area (Å²) in [6.45, 7) is 6.10. The van der Waals surface area contributed by atoms with Crippen LogP contribution in [0.15, 0.2) is 42.7 Å². The Labute approximate surface area is 182 Å². The number of nitrogens with zero attached hydrogens (tertiary/aromatic N) is 3. The second-order valence-electron chi connectivity index (χ2n) is 7.73. The van der Waals surface area contributed by atoms with Crippen molar-refractivity contribution in [1.29, 1.82) is 0 Å². The van der Waals surface area contributed by atoms with Crippen molar-refractivity contribution in [1.82, 2.24) is 9.55 Å². The first-order chi connectivity index (χ1) is 14.0. The molecule has 3 aromatic rings. The third kappa shape index (κ3) is 5.01. The number of non-ortho nitro benzene ring substituents is 1. The Morgan fingerprint density at radius 2 is 1.83 bits per heavy atom. The van der Waals surface area contributed by atoms with Crippen LogP contribution in [0.1, 0.15) is 20.8 Å². The van der Waals surface area contributed by atoms with Gasteiger partial charge in [-0.3, -0.25) is 10.1 Å². The first-order valence-electron chi connectivity index (χ1n) is 8.97. The Bertz CT molecular complexity index is 1090. The highest BCUT2D eigenvalue weighted by Gasteiger charge is 2.30. The molecule has 2 aromatic carbocycles. The van der Waals surface area contributed by atoms with Gasteiger partial charge < -0.3 is 14.0 Å². The van der Waals surface area contributed by atoms with E-state index in [0.717, 1.165) is 5.52 Å². The minimum atomic E-state index is -0.908. The van der Waals surface area contributed by atoms with E-state index in [-0.39, 0.29) is 11.4 Å². The summed E-state index contributed by atoms with van der Waals surface area (Å²) in [7, 11) is 0. The third-order valence-electron chi connectivity index (χ3n) is 4.48. The van der Waals surface area contributed by atoms with Crippen molar-refractivity contribution in [3.8, 4) is 5.75 Å². The van der Waals surface area contributed by atoms with Crippen molar-refractivity contribution in [2.45, 2.75) is 33.4 Å². The molecule has 0 radical (unpaired) electrons. The van der Waals surface area contributed by atoms with E-state index in [1.807, 2.05) is 25.3 Å². The van der Waals surface area contributed by atoms with Crippen LogP contribution in [0, 0.1) is 15.5 Å². The number of fused-ring (bicyclic) bond motifs is 1. The maximum absolute atomic E-state index is 12.3. The van der Waals surface area contributed by atoms with Gasteiger partial charge in [0, 0.05) is 17.5 Å². The lowest BCUT2D eigenvalue weighted by molar-refractivity contribution is -0.384. The van der Waals surface area contributed by atoms with Gasteiger partial charge in [-0.2, -0.15) is 0 Å². The van der Waals surface area contributed by atoms with Gasteiger partial charge in [0.15, 0.2) is 0 Å². The molecule has 0 saturated heterocycles. The highest BCUT2D eigenvalue weighted by molar-refractivity contribution is 6.42. The number of aromatic nitrogens is 2. The Kier molecular flexibility index (Phi) is 6.19. The Balaban J connectivity index is 1.76. The van der Waals surface area contributed by atoms with Gasteiger partial charge in [0.2, 0.25) is 0 Å². The molecule has 0 aliphatic carbocycles. The van der Waals surface area contributed by atoms with Crippen molar-refractivity contribution >= 4 is 46.1 Å². The van der Waals surface area contributed by atoms with Crippen LogP contribution in [-0.2, 0) is 11.3 Å². The molecule has 0 spiro atoms. The summed E-state index contributed by atoms with van der Waals surface area (Å²) in [5.41, 5.74) is 0.909. The molecule has 1 unspecified atom stereocenters. The number of rotatable bonds is 5. The van der Waals surface area contributed by atoms with Gasteiger partial charge in [0.05, 0.1) is 38.9 Å². The molecule has 30 heavy (non-hydrogen) atoms. The smallest absolute Gasteiger partial charge is 0.428 e. The van der Waals surface area contributed by atoms with Gasteiger partial charge in [-0.05, 0) is 24.3 Å². The van der Waals surface area contributed by atoms with Crippen molar-refractivity contribution < 1.29 is 19.2 Å². The molecule has 0 bridgehead atoms. The molecule has 1 heterocycles. The van der Waals surface area contributed by atoms with Gasteiger partial charge >= 0.3 is 6.16 Å². The average Bonchev–Trinajstić information content (AvgIpc) is 3.03. The molecule has 0 amide bonds. The van der Waals surface area contributed by atoms with E-state index in [1.54, 1.807) is 18.5 Å². The summed E-state index contributed by atoms with van der Waals surface area (Å²) in [5.74, 6) is 0.146. The van der Waals surface area contributed by atoms with Crippen molar-refractivity contribution in [3.63, 3.8) is 0 Å². The molecule has 8 nitrogen and oxygen atoms in total. The quantitative estimate of drug-likeness (QED) is 0.208. The zero-order chi connectivity index (χ0) is 22.1. The molecule has 158 valence electrons. The third-order valence-corrected chi connectivity index (χ3v) is 5.20. The monoisotopic (exact) mass is 451 g/mol. The van der Waals surface area contributed by atoms with Gasteiger partial charge in [-0.25, -0.2) is 9.78 Å². The SMILES string of the molecule is CC(C)(C)C(Cn1cnc2cc(Cl)c(Cl)cc21)OC(=O)Oc1ccc([N+](=O)[O-])cc1. The van der Waals surface area contributed by atoms with E-state index in [1.165, 1.54) is 24.3 Å². The molecular formula is C20H19Cl2N3O5. The summed E-state index contributed by atoms with van der Waals surface area (Å²) in [6.07, 6.45) is 0.158. The van der Waals surface area contributed by atoms with Gasteiger partial charge in [0.25, 0.3) is 5.69 Å². The number of nitro groups is 1. The number of hydrogen-bond acceptors (Lipinski definition) is 6. The zero-order valence-corrected chi connectivity index (χ0v) is 18.0. The van der Waals surface area contributed by atoms with Gasteiger partial charge in [0.1, 0.15) is 11.9 Å². The number of halogens is 2. The van der Waals surface area contributed by atoms with Crippen LogP contribution < -0.4 is 4.74 Å². The minimum Gasteiger partial charge on any atom is -0.428 e. The topological polar surface area (TPSA) is 96.5 Å². The van der Waals surface area contributed by atoms with Crippen LogP contribution >= 0.6 is 23.2 Å². The van der Waals surface area contributed by atoms with Crippen LogP contribution in [0.4, 0.5) is 10.5 Å². The zero-order valence-electron chi connectivity index (χ0n) is 16.5. The first kappa shape index (κ1) is 21.9. The fourth-order valence-corrected chi connectivity index (χ4v) is 3.05. The number of imidazole rings is 1. The largest absolute Gasteiger partial charge is 0.514 e. The number of ether oxygens (including phenoxy) is 2. The number of hydrogen-bond donors (Lipinski definition) is 0. The van der Waals surface area contributed by atoms with Crippen molar-refractivity contribution in [2.75, 3.05) is 0 Å². The summed E-state index contributed by atoms with van der Waals surface area (Å²) in [6, 6.07) is 8.54. The van der Waals surface area contributed by atoms with E-state index in [2.05, 4.69) is 4.98 Å². The highest BCUT2D eigenvalue weighted by Crippen LogP contribution is 2.30. The molecule has 0 aliphatic heterocycles. The predicted molar refractivity (Wildman–Crippen MR) is 113 cm³/mol. The lowest BCUT2D eigenvalue weighted by atomic mass is 9.89. The Hall–Kier alpha value is -2.84. The maximum Gasteiger partial charge on any atom is 0.514 e. The normalized spacial score (nSPS) is 12.6. The molecule has 3 rings (SSSR count). The standard InChI is InChI=1S/C20H19Cl2N3O5/c1-20(2,3)18(10-24-11-23-16-8-14(21)15(22)9-17(16)24)30-19(26)29-13-6-4-12(5-7-13)25(27)28/h4-9,11,18H,10H2,1-3H3. The second-order valence-corrected chi connectivity index (χ2v) is 8.54. The molecule has 10 heteroatoms. The Morgan fingerprint density at radius 1 is 1.20 bits per heavy atom. The van der Waals surface area contributed by atoms with E-state index in [0.29, 0.717) is 22.1 Å². The van der Waals surface area contributed by atoms with E-state index >= 15 is 0 Å². The number of carbonyl (C=O) groups excluding carboxylic acids is 1. The average molecular weight is 452 g/mol. The lowest BCUT2D eigenvalue weighted by Crippen LogP contribution is -2.36. The van der Waals surface area contributed by atoms with Crippen LogP contribution in [-0.4, -0.2) is 26.7 Å². The first-order valence-corrected chi connectivity index (χ1v) is 9.73. The van der Waals surface area contributed by atoms with Crippen molar-refractivity contribution in [3.05, 3.63) is 62.9 Å². The maximum atomic E-state index is 12.3. The minimum absolute atomic E-state index is 0.103. The number of benzene rings is 2. The molecule has 0 saturated carbocycles. The van der Waals surface area contributed by atoms with Crippen LogP contribution in [0.3, 0.4) is 0 Å². The molecule has 1 aromatic heterocycles. The fraction of sp³-hybridized carbons (Fsp3) is 0.300. The predicted octanol–water partition coefficient (Wildman–Crippen LogP) is 5.88. The van der Waals surface area contributed by atoms with Crippen LogP contribution in [0.25, 0.3) is 11.0 Å².